The first kappa shape index (κ1) is 33.8. The molecule has 12 nitrogen and oxygen atoms in total. The van der Waals surface area contributed by atoms with Crippen LogP contribution in [0.5, 0.6) is 11.5 Å². The highest BCUT2D eigenvalue weighted by atomic mass is 16.5. The molecule has 3 aliphatic rings. The minimum Gasteiger partial charge on any atom is -0.493 e. The number of rotatable bonds is 8. The molecule has 7 rings (SSSR count). The zero-order chi connectivity index (χ0) is 35.0. The number of fused-ring (bicyclic) bond motifs is 3. The van der Waals surface area contributed by atoms with Crippen molar-refractivity contribution in [1.29, 1.82) is 0 Å². The molecule has 1 aliphatic carbocycles. The number of benzene rings is 2. The number of carbonyl (C=O) groups excluding carboxylic acids is 2. The van der Waals surface area contributed by atoms with E-state index in [9.17, 15) is 9.59 Å². The topological polar surface area (TPSA) is 109 Å². The van der Waals surface area contributed by atoms with Crippen molar-refractivity contribution in [3.8, 4) is 11.5 Å². The molecule has 0 atom stereocenters. The number of aryl methyl sites for hydroxylation is 1. The Balaban J connectivity index is 1.04. The minimum absolute atomic E-state index is 0.0749. The third kappa shape index (κ3) is 6.25. The summed E-state index contributed by atoms with van der Waals surface area (Å²) in [5, 5.41) is 5.59. The average molecular weight is 681 g/mol. The molecule has 2 aliphatic heterocycles. The van der Waals surface area contributed by atoms with Crippen molar-refractivity contribution < 1.29 is 19.1 Å². The highest BCUT2D eigenvalue weighted by Gasteiger charge is 2.49. The first-order valence-corrected chi connectivity index (χ1v) is 17.7. The summed E-state index contributed by atoms with van der Waals surface area (Å²) in [4.78, 5) is 45.2. The Bertz CT molecular complexity index is 1870. The third-order valence-electron chi connectivity index (χ3n) is 10.9. The number of hydrogen-bond acceptors (Lipinski definition) is 9. The van der Waals surface area contributed by atoms with Crippen LogP contribution in [-0.4, -0.2) is 114 Å². The summed E-state index contributed by atoms with van der Waals surface area (Å²) in [5.74, 6) is 2.50. The van der Waals surface area contributed by atoms with Gasteiger partial charge in [-0.05, 0) is 81.9 Å². The van der Waals surface area contributed by atoms with Gasteiger partial charge >= 0.3 is 0 Å². The van der Waals surface area contributed by atoms with E-state index in [0.717, 1.165) is 54.5 Å². The molecule has 1 saturated carbocycles. The zero-order valence-electron chi connectivity index (χ0n) is 29.9. The van der Waals surface area contributed by atoms with Crippen LogP contribution in [0.15, 0.2) is 48.9 Å². The van der Waals surface area contributed by atoms with Crippen molar-refractivity contribution in [1.82, 2.24) is 34.4 Å². The van der Waals surface area contributed by atoms with Gasteiger partial charge in [0.05, 0.1) is 44.4 Å². The number of hydrogen-bond donors (Lipinski definition) is 0. The molecule has 4 heterocycles. The van der Waals surface area contributed by atoms with Crippen molar-refractivity contribution in [2.75, 3.05) is 72.5 Å². The highest BCUT2D eigenvalue weighted by molar-refractivity contribution is 5.87. The quantitative estimate of drug-likeness (QED) is 0.274. The molecule has 0 unspecified atom stereocenters. The normalized spacial score (nSPS) is 20.8. The van der Waals surface area contributed by atoms with Crippen LogP contribution < -0.4 is 14.4 Å². The molecule has 1 saturated heterocycles. The van der Waals surface area contributed by atoms with Crippen LogP contribution >= 0.6 is 0 Å². The van der Waals surface area contributed by atoms with Crippen molar-refractivity contribution in [2.45, 2.75) is 51.1 Å². The Morgan fingerprint density at radius 3 is 2.40 bits per heavy atom. The van der Waals surface area contributed by atoms with Gasteiger partial charge in [0.25, 0.3) is 0 Å². The van der Waals surface area contributed by atoms with Crippen LogP contribution in [0.2, 0.25) is 0 Å². The smallest absolute Gasteiger partial charge is 0.237 e. The first-order valence-electron chi connectivity index (χ1n) is 17.7. The van der Waals surface area contributed by atoms with E-state index in [0.29, 0.717) is 57.3 Å². The zero-order valence-corrected chi connectivity index (χ0v) is 29.9. The number of nitrogens with zero attached hydrogens (tertiary/aromatic N) is 8. The maximum Gasteiger partial charge on any atom is 0.237 e. The van der Waals surface area contributed by atoms with E-state index in [4.69, 9.17) is 9.47 Å². The largest absolute Gasteiger partial charge is 0.493 e. The lowest BCUT2D eigenvalue weighted by Gasteiger charge is -2.52. The predicted octanol–water partition coefficient (Wildman–Crippen LogP) is 3.88. The van der Waals surface area contributed by atoms with Gasteiger partial charge in [0, 0.05) is 38.6 Å². The van der Waals surface area contributed by atoms with E-state index < -0.39 is 5.54 Å². The summed E-state index contributed by atoms with van der Waals surface area (Å²) < 4.78 is 13.3. The highest BCUT2D eigenvalue weighted by Crippen LogP contribution is 2.50. The van der Waals surface area contributed by atoms with Gasteiger partial charge in [-0.25, -0.2) is 14.6 Å². The molecule has 12 heteroatoms. The molecular formula is C38H48N8O4. The molecule has 0 N–H and O–H groups in total. The van der Waals surface area contributed by atoms with Gasteiger partial charge in [-0.1, -0.05) is 29.8 Å². The van der Waals surface area contributed by atoms with Crippen LogP contribution in [0.25, 0.3) is 11.0 Å². The van der Waals surface area contributed by atoms with Crippen LogP contribution in [-0.2, 0) is 28.1 Å². The number of carbonyl (C=O) groups is 2. The number of amides is 2. The van der Waals surface area contributed by atoms with Gasteiger partial charge in [-0.2, -0.15) is 5.10 Å². The van der Waals surface area contributed by atoms with Gasteiger partial charge in [-0.15, -0.1) is 0 Å². The Morgan fingerprint density at radius 1 is 0.960 bits per heavy atom. The van der Waals surface area contributed by atoms with Crippen LogP contribution in [0.3, 0.4) is 0 Å². The van der Waals surface area contributed by atoms with E-state index in [-0.39, 0.29) is 17.7 Å². The second kappa shape index (κ2) is 13.9. The molecule has 4 aromatic rings. The van der Waals surface area contributed by atoms with Crippen molar-refractivity contribution >= 4 is 28.7 Å². The molecule has 0 radical (unpaired) electrons. The lowest BCUT2D eigenvalue weighted by molar-refractivity contribution is -0.144. The SMILES string of the molecule is COc1cc2c(cc1OC)[C@]1(CC[C@@H](C(=O)N3CCN(c4ncnc5c4cnn5Cc4cccc(C)c4)CC3)CC1)N(C(=O)CN(C)C)CC2. The molecule has 2 fully saturated rings. The molecular weight excluding hydrogens is 632 g/mol. The molecule has 0 bridgehead atoms. The number of methoxy groups -OCH3 is 2. The summed E-state index contributed by atoms with van der Waals surface area (Å²) in [7, 11) is 7.16. The fourth-order valence-corrected chi connectivity index (χ4v) is 8.38. The number of aromatic nitrogens is 4. The second-order valence-corrected chi connectivity index (χ2v) is 14.2. The summed E-state index contributed by atoms with van der Waals surface area (Å²) >= 11 is 0. The molecule has 2 amide bonds. The molecule has 2 aromatic heterocycles. The Kier molecular flexibility index (Phi) is 9.38. The number of ether oxygens (including phenoxy) is 2. The van der Waals surface area contributed by atoms with E-state index in [2.05, 4.69) is 68.2 Å². The van der Waals surface area contributed by atoms with Crippen molar-refractivity contribution in [3.63, 3.8) is 0 Å². The van der Waals surface area contributed by atoms with Crippen molar-refractivity contribution in [3.05, 3.63) is 71.2 Å². The standard InChI is InChI=1S/C38H48N8O4/c1-26-7-6-8-27(19-26)23-46-36-30(22-41-46)35(39-25-40-36)43-15-17-44(18-16-43)37(48)28-9-12-38(13-10-28)31-21-33(50-5)32(49-4)20-29(31)11-14-45(38)34(47)24-42(2)3/h6-8,19-22,25,28H,9-18,23-24H2,1-5H3/t28-,38-. The summed E-state index contributed by atoms with van der Waals surface area (Å²) in [6.45, 7) is 6.39. The monoisotopic (exact) mass is 680 g/mol. The van der Waals surface area contributed by atoms with Gasteiger partial charge in [0.2, 0.25) is 11.8 Å². The number of likely N-dealkylation sites (N-methyl/N-ethyl adjacent to an activating group) is 1. The molecule has 1 spiro atoms. The van der Waals surface area contributed by atoms with Crippen molar-refractivity contribution in [2.24, 2.45) is 5.92 Å². The summed E-state index contributed by atoms with van der Waals surface area (Å²) in [5.41, 5.74) is 5.05. The summed E-state index contributed by atoms with van der Waals surface area (Å²) in [6.07, 6.45) is 7.15. The van der Waals surface area contributed by atoms with E-state index in [1.165, 1.54) is 16.7 Å². The third-order valence-corrected chi connectivity index (χ3v) is 10.9. The Morgan fingerprint density at radius 2 is 1.70 bits per heavy atom. The van der Waals surface area contributed by atoms with Crippen LogP contribution in [0.4, 0.5) is 5.82 Å². The van der Waals surface area contributed by atoms with Gasteiger partial charge < -0.3 is 29.1 Å². The lowest BCUT2D eigenvalue weighted by Crippen LogP contribution is -2.57. The van der Waals surface area contributed by atoms with Crippen LogP contribution in [0, 0.1) is 12.8 Å². The van der Waals surface area contributed by atoms with Crippen LogP contribution in [0.1, 0.15) is 47.9 Å². The Labute approximate surface area is 294 Å². The maximum absolute atomic E-state index is 14.0. The van der Waals surface area contributed by atoms with Gasteiger partial charge in [0.15, 0.2) is 17.1 Å². The minimum atomic E-state index is -0.474. The fourth-order valence-electron chi connectivity index (χ4n) is 8.38. The van der Waals surface area contributed by atoms with Gasteiger partial charge in [0.1, 0.15) is 12.1 Å². The molecule has 2 aromatic carbocycles. The maximum atomic E-state index is 14.0. The number of piperazine rings is 1. The van der Waals surface area contributed by atoms with Gasteiger partial charge in [-0.3, -0.25) is 9.59 Å². The molecule has 264 valence electrons. The second-order valence-electron chi connectivity index (χ2n) is 14.2. The van der Waals surface area contributed by atoms with E-state index in [1.807, 2.05) is 34.8 Å². The Hall–Kier alpha value is -4.71. The molecule has 50 heavy (non-hydrogen) atoms. The first-order chi connectivity index (χ1) is 24.2. The summed E-state index contributed by atoms with van der Waals surface area (Å²) in [6, 6.07) is 12.6. The average Bonchev–Trinajstić information content (AvgIpc) is 3.53. The lowest BCUT2D eigenvalue weighted by atomic mass is 9.68. The number of anilines is 1. The van der Waals surface area contributed by atoms with E-state index in [1.54, 1.807) is 20.5 Å². The predicted molar refractivity (Wildman–Crippen MR) is 192 cm³/mol. The van der Waals surface area contributed by atoms with E-state index >= 15 is 0 Å². The fraction of sp³-hybridized carbons (Fsp3) is 0.500.